The molecule has 1 saturated heterocycles. The molecule has 1 aliphatic heterocycles. The quantitative estimate of drug-likeness (QED) is 0.906. The highest BCUT2D eigenvalue weighted by Gasteiger charge is 2.32. The van der Waals surface area contributed by atoms with Crippen molar-refractivity contribution in [2.45, 2.75) is 70.2 Å². The van der Waals surface area contributed by atoms with E-state index in [-0.39, 0.29) is 24.0 Å². The molecule has 1 amide bonds. The summed E-state index contributed by atoms with van der Waals surface area (Å²) in [5, 5.41) is 11.5. The lowest BCUT2D eigenvalue weighted by atomic mass is 9.92. The van der Waals surface area contributed by atoms with E-state index >= 15 is 0 Å². The Kier molecular flexibility index (Phi) is 4.58. The number of ketones is 1. The highest BCUT2D eigenvalue weighted by molar-refractivity contribution is 5.84. The van der Waals surface area contributed by atoms with E-state index in [1.807, 2.05) is 20.8 Å². The lowest BCUT2D eigenvalue weighted by molar-refractivity contribution is -0.126. The number of hydrogen-bond acceptors (Lipinski definition) is 6. The lowest BCUT2D eigenvalue weighted by Gasteiger charge is -2.29. The van der Waals surface area contributed by atoms with Gasteiger partial charge < -0.3 is 14.8 Å². The van der Waals surface area contributed by atoms with E-state index in [2.05, 4.69) is 15.5 Å². The van der Waals surface area contributed by atoms with Crippen LogP contribution >= 0.6 is 0 Å². The normalized spacial score (nSPS) is 25.2. The molecule has 1 aliphatic carbocycles. The molecular weight excluding hydrogens is 312 g/mol. The molecule has 1 aromatic rings. The van der Waals surface area contributed by atoms with Gasteiger partial charge in [0.15, 0.2) is 0 Å². The van der Waals surface area contributed by atoms with E-state index in [9.17, 15) is 9.59 Å². The van der Waals surface area contributed by atoms with Crippen LogP contribution in [0.2, 0.25) is 0 Å². The molecule has 8 heteroatoms. The van der Waals surface area contributed by atoms with Crippen LogP contribution in [0.3, 0.4) is 0 Å². The van der Waals surface area contributed by atoms with Gasteiger partial charge in [-0.05, 0) is 33.6 Å². The van der Waals surface area contributed by atoms with Gasteiger partial charge in [0.25, 0.3) is 0 Å². The van der Waals surface area contributed by atoms with Gasteiger partial charge in [-0.2, -0.15) is 15.0 Å². The van der Waals surface area contributed by atoms with E-state index in [4.69, 9.17) is 9.47 Å². The van der Waals surface area contributed by atoms with Crippen molar-refractivity contribution in [1.82, 2.24) is 20.3 Å². The molecule has 1 saturated carbocycles. The molecule has 0 bridgehead atoms. The molecule has 1 aromatic heterocycles. The van der Waals surface area contributed by atoms with Crippen LogP contribution in [0.15, 0.2) is 6.20 Å². The third-order valence-electron chi connectivity index (χ3n) is 4.11. The van der Waals surface area contributed by atoms with E-state index < -0.39 is 11.7 Å². The number of alkyl carbamates (subject to hydrolysis) is 1. The Bertz CT molecular complexity index is 606. The summed E-state index contributed by atoms with van der Waals surface area (Å²) in [5.74, 6) is 0.254. The van der Waals surface area contributed by atoms with Gasteiger partial charge in [-0.3, -0.25) is 4.79 Å². The predicted octanol–water partition coefficient (Wildman–Crippen LogP) is 1.93. The number of aromatic nitrogens is 3. The van der Waals surface area contributed by atoms with Crippen LogP contribution in [0.5, 0.6) is 0 Å². The second-order valence-electron chi connectivity index (χ2n) is 7.43. The highest BCUT2D eigenvalue weighted by Crippen LogP contribution is 2.30. The predicted molar refractivity (Wildman–Crippen MR) is 84.4 cm³/mol. The van der Waals surface area contributed by atoms with Crippen molar-refractivity contribution in [1.29, 1.82) is 0 Å². The van der Waals surface area contributed by atoms with Gasteiger partial charge in [-0.15, -0.1) is 0 Å². The molecule has 0 aromatic carbocycles. The van der Waals surface area contributed by atoms with Crippen molar-refractivity contribution in [3.63, 3.8) is 0 Å². The largest absolute Gasteiger partial charge is 0.444 e. The van der Waals surface area contributed by atoms with E-state index in [0.29, 0.717) is 19.4 Å². The zero-order chi connectivity index (χ0) is 17.3. The summed E-state index contributed by atoms with van der Waals surface area (Å²) in [7, 11) is 0. The van der Waals surface area contributed by atoms with Crippen molar-refractivity contribution in [3.8, 4) is 0 Å². The number of hydrogen-bond donors (Lipinski definition) is 1. The van der Waals surface area contributed by atoms with Crippen molar-refractivity contribution >= 4 is 11.9 Å². The van der Waals surface area contributed by atoms with Crippen LogP contribution in [-0.2, 0) is 14.3 Å². The first-order valence-corrected chi connectivity index (χ1v) is 8.35. The average Bonchev–Trinajstić information content (AvgIpc) is 2.92. The van der Waals surface area contributed by atoms with Gasteiger partial charge in [0.1, 0.15) is 23.2 Å². The minimum Gasteiger partial charge on any atom is -0.444 e. The standard InChI is InChI=1S/C16H24N4O4/c1-16(2,3)24-15(22)18-10-4-5-14(23-9-10)13-8-17-20(19-13)11-6-12(21)7-11/h8,10-11,14H,4-7,9H2,1-3H3,(H,18,22)/t10-,14+/m1/s1. The molecule has 2 fully saturated rings. The Morgan fingerprint density at radius 2 is 2.12 bits per heavy atom. The maximum atomic E-state index is 11.8. The Morgan fingerprint density at radius 1 is 1.38 bits per heavy atom. The summed E-state index contributed by atoms with van der Waals surface area (Å²) in [4.78, 5) is 24.5. The zero-order valence-electron chi connectivity index (χ0n) is 14.3. The SMILES string of the molecule is CC(C)(C)OC(=O)N[C@@H]1CC[C@@H](c2cnn(C3CC(=O)C3)n2)OC1. The Balaban J connectivity index is 1.47. The Morgan fingerprint density at radius 3 is 2.71 bits per heavy atom. The third-order valence-corrected chi connectivity index (χ3v) is 4.11. The molecule has 24 heavy (non-hydrogen) atoms. The van der Waals surface area contributed by atoms with Crippen molar-refractivity contribution in [3.05, 3.63) is 11.9 Å². The first-order chi connectivity index (χ1) is 11.3. The van der Waals surface area contributed by atoms with Gasteiger partial charge in [0.05, 0.1) is 24.9 Å². The molecular formula is C16H24N4O4. The molecule has 2 atom stereocenters. The number of ether oxygens (including phenoxy) is 2. The van der Waals surface area contributed by atoms with Crippen LogP contribution in [-0.4, -0.2) is 45.1 Å². The summed E-state index contributed by atoms with van der Waals surface area (Å²) in [6, 6.07) is 0.0341. The fourth-order valence-corrected chi connectivity index (χ4v) is 2.81. The minimum atomic E-state index is -0.510. The maximum Gasteiger partial charge on any atom is 0.407 e. The van der Waals surface area contributed by atoms with Crippen molar-refractivity contribution in [2.75, 3.05) is 6.61 Å². The van der Waals surface area contributed by atoms with Crippen molar-refractivity contribution in [2.24, 2.45) is 0 Å². The Hall–Kier alpha value is -1.96. The monoisotopic (exact) mass is 336 g/mol. The zero-order valence-corrected chi connectivity index (χ0v) is 14.3. The van der Waals surface area contributed by atoms with Gasteiger partial charge >= 0.3 is 6.09 Å². The van der Waals surface area contributed by atoms with Crippen LogP contribution in [0.4, 0.5) is 4.79 Å². The highest BCUT2D eigenvalue weighted by atomic mass is 16.6. The van der Waals surface area contributed by atoms with Gasteiger partial charge in [0, 0.05) is 12.8 Å². The molecule has 0 radical (unpaired) electrons. The molecule has 8 nitrogen and oxygen atoms in total. The smallest absolute Gasteiger partial charge is 0.407 e. The number of carbonyl (C=O) groups excluding carboxylic acids is 2. The molecule has 3 rings (SSSR count). The average molecular weight is 336 g/mol. The second-order valence-corrected chi connectivity index (χ2v) is 7.43. The fourth-order valence-electron chi connectivity index (χ4n) is 2.81. The summed E-state index contributed by atoms with van der Waals surface area (Å²) in [6.45, 7) is 5.91. The number of carbonyl (C=O) groups is 2. The number of rotatable bonds is 3. The molecule has 132 valence electrons. The second kappa shape index (κ2) is 6.51. The molecule has 2 aliphatic rings. The molecule has 0 spiro atoms. The number of Topliss-reactive ketones (excluding diaryl/α,β-unsaturated/α-hetero) is 1. The van der Waals surface area contributed by atoms with E-state index in [1.54, 1.807) is 11.0 Å². The summed E-state index contributed by atoms with van der Waals surface area (Å²) < 4.78 is 11.1. The number of nitrogens with zero attached hydrogens (tertiary/aromatic N) is 3. The fraction of sp³-hybridized carbons (Fsp3) is 0.750. The van der Waals surface area contributed by atoms with Gasteiger partial charge in [-0.1, -0.05) is 0 Å². The van der Waals surface area contributed by atoms with E-state index in [0.717, 1.165) is 18.5 Å². The first-order valence-electron chi connectivity index (χ1n) is 8.35. The topological polar surface area (TPSA) is 95.3 Å². The van der Waals surface area contributed by atoms with Gasteiger partial charge in [-0.25, -0.2) is 4.79 Å². The summed E-state index contributed by atoms with van der Waals surface area (Å²) in [5.41, 5.74) is 0.272. The first kappa shape index (κ1) is 16.9. The maximum absolute atomic E-state index is 11.8. The molecule has 1 N–H and O–H groups in total. The molecule has 0 unspecified atom stereocenters. The van der Waals surface area contributed by atoms with Crippen molar-refractivity contribution < 1.29 is 19.1 Å². The van der Waals surface area contributed by atoms with Crippen LogP contribution in [0.25, 0.3) is 0 Å². The van der Waals surface area contributed by atoms with Crippen LogP contribution in [0, 0.1) is 0 Å². The van der Waals surface area contributed by atoms with Gasteiger partial charge in [0.2, 0.25) is 0 Å². The van der Waals surface area contributed by atoms with E-state index in [1.165, 1.54) is 0 Å². The summed E-state index contributed by atoms with van der Waals surface area (Å²) in [6.07, 6.45) is 3.74. The summed E-state index contributed by atoms with van der Waals surface area (Å²) >= 11 is 0. The third kappa shape index (κ3) is 4.11. The van der Waals surface area contributed by atoms with Crippen LogP contribution < -0.4 is 5.32 Å². The van der Waals surface area contributed by atoms with Crippen LogP contribution in [0.1, 0.15) is 64.3 Å². The number of nitrogens with one attached hydrogen (secondary N) is 1. The lowest BCUT2D eigenvalue weighted by Crippen LogP contribution is -2.43. The molecule has 2 heterocycles. The minimum absolute atomic E-state index is 0.0598. The number of amides is 1. The Labute approximate surface area is 140 Å².